The van der Waals surface area contributed by atoms with Gasteiger partial charge >= 0.3 is 0 Å². The van der Waals surface area contributed by atoms with Crippen LogP contribution in [0.5, 0.6) is 5.88 Å². The molecule has 0 aromatic carbocycles. The Morgan fingerprint density at radius 3 is 2.68 bits per heavy atom. The van der Waals surface area contributed by atoms with Crippen LogP contribution in [0.25, 0.3) is 0 Å². The minimum atomic E-state index is 0.0611. The lowest BCUT2D eigenvalue weighted by Crippen LogP contribution is -2.27. The van der Waals surface area contributed by atoms with Gasteiger partial charge in [0.1, 0.15) is 5.56 Å². The van der Waals surface area contributed by atoms with E-state index in [2.05, 4.69) is 12.0 Å². The van der Waals surface area contributed by atoms with Crippen molar-refractivity contribution in [3.05, 3.63) is 11.8 Å². The molecule has 1 aromatic rings. The minimum absolute atomic E-state index is 0.0611. The zero-order valence-electron chi connectivity index (χ0n) is 11.9. The SMILES string of the molecule is CCCOc1nn(CCC)cc1C(=O)N1CCCC1. The molecule has 0 saturated carbocycles. The molecular formula is C14H23N3O2. The lowest BCUT2D eigenvalue weighted by molar-refractivity contribution is 0.0788. The van der Waals surface area contributed by atoms with Gasteiger partial charge in [-0.05, 0) is 25.7 Å². The Morgan fingerprint density at radius 2 is 2.05 bits per heavy atom. The number of likely N-dealkylation sites (tertiary alicyclic amines) is 1. The van der Waals surface area contributed by atoms with Crippen molar-refractivity contribution < 1.29 is 9.53 Å². The molecule has 1 saturated heterocycles. The van der Waals surface area contributed by atoms with Gasteiger partial charge in [-0.25, -0.2) is 0 Å². The highest BCUT2D eigenvalue weighted by atomic mass is 16.5. The second-order valence-electron chi connectivity index (χ2n) is 4.96. The second kappa shape index (κ2) is 6.59. The van der Waals surface area contributed by atoms with Crippen molar-refractivity contribution >= 4 is 5.91 Å². The van der Waals surface area contributed by atoms with Crippen molar-refractivity contribution in [1.29, 1.82) is 0 Å². The van der Waals surface area contributed by atoms with Gasteiger partial charge in [-0.2, -0.15) is 0 Å². The quantitative estimate of drug-likeness (QED) is 0.793. The monoisotopic (exact) mass is 265 g/mol. The molecule has 0 unspecified atom stereocenters. The topological polar surface area (TPSA) is 47.4 Å². The van der Waals surface area contributed by atoms with Crippen LogP contribution in [0.3, 0.4) is 0 Å². The van der Waals surface area contributed by atoms with Crippen molar-refractivity contribution in [3.63, 3.8) is 0 Å². The molecule has 0 radical (unpaired) electrons. The summed E-state index contributed by atoms with van der Waals surface area (Å²) < 4.78 is 7.43. The summed E-state index contributed by atoms with van der Waals surface area (Å²) in [5, 5.41) is 4.38. The van der Waals surface area contributed by atoms with E-state index in [0.29, 0.717) is 18.1 Å². The van der Waals surface area contributed by atoms with Crippen molar-refractivity contribution in [2.75, 3.05) is 19.7 Å². The summed E-state index contributed by atoms with van der Waals surface area (Å²) in [5.74, 6) is 0.554. The zero-order valence-corrected chi connectivity index (χ0v) is 11.9. The van der Waals surface area contributed by atoms with Gasteiger partial charge in [0.05, 0.1) is 6.61 Å². The molecule has 0 spiro atoms. The fraction of sp³-hybridized carbons (Fsp3) is 0.714. The van der Waals surface area contributed by atoms with Crippen LogP contribution < -0.4 is 4.74 Å². The fourth-order valence-electron chi connectivity index (χ4n) is 2.29. The average Bonchev–Trinajstić information content (AvgIpc) is 3.05. The molecule has 1 aromatic heterocycles. The van der Waals surface area contributed by atoms with Crippen molar-refractivity contribution in [1.82, 2.24) is 14.7 Å². The van der Waals surface area contributed by atoms with Gasteiger partial charge in [0, 0.05) is 25.8 Å². The third kappa shape index (κ3) is 3.28. The van der Waals surface area contributed by atoms with Gasteiger partial charge in [-0.3, -0.25) is 9.48 Å². The Kier molecular flexibility index (Phi) is 4.82. The minimum Gasteiger partial charge on any atom is -0.476 e. The molecule has 2 heterocycles. The van der Waals surface area contributed by atoms with Crippen LogP contribution in [0.4, 0.5) is 0 Å². The molecule has 2 rings (SSSR count). The lowest BCUT2D eigenvalue weighted by atomic mass is 10.3. The van der Waals surface area contributed by atoms with E-state index >= 15 is 0 Å². The lowest BCUT2D eigenvalue weighted by Gasteiger charge is -2.14. The normalized spacial score (nSPS) is 14.9. The molecular weight excluding hydrogens is 242 g/mol. The molecule has 0 N–H and O–H groups in total. The summed E-state index contributed by atoms with van der Waals surface area (Å²) in [5.41, 5.74) is 0.615. The maximum Gasteiger partial charge on any atom is 0.260 e. The number of hydrogen-bond donors (Lipinski definition) is 0. The van der Waals surface area contributed by atoms with E-state index < -0.39 is 0 Å². The predicted molar refractivity (Wildman–Crippen MR) is 73.4 cm³/mol. The number of carbonyl (C=O) groups excluding carboxylic acids is 1. The summed E-state index contributed by atoms with van der Waals surface area (Å²) in [6, 6.07) is 0. The molecule has 1 aliphatic rings. The summed E-state index contributed by atoms with van der Waals surface area (Å²) in [6.45, 7) is 7.26. The van der Waals surface area contributed by atoms with Gasteiger partial charge < -0.3 is 9.64 Å². The van der Waals surface area contributed by atoms with E-state index in [4.69, 9.17) is 4.74 Å². The molecule has 1 fully saturated rings. The summed E-state index contributed by atoms with van der Waals surface area (Å²) >= 11 is 0. The van der Waals surface area contributed by atoms with Crippen LogP contribution in [0, 0.1) is 0 Å². The van der Waals surface area contributed by atoms with Crippen molar-refractivity contribution in [2.24, 2.45) is 0 Å². The van der Waals surface area contributed by atoms with Crippen LogP contribution in [0.2, 0.25) is 0 Å². The van der Waals surface area contributed by atoms with Crippen molar-refractivity contribution in [2.45, 2.75) is 46.1 Å². The number of hydrogen-bond acceptors (Lipinski definition) is 3. The first kappa shape index (κ1) is 13.9. The number of amides is 1. The Morgan fingerprint density at radius 1 is 1.32 bits per heavy atom. The highest BCUT2D eigenvalue weighted by molar-refractivity contribution is 5.96. The molecule has 5 heteroatoms. The fourth-order valence-corrected chi connectivity index (χ4v) is 2.29. The van der Waals surface area contributed by atoms with E-state index in [0.717, 1.165) is 45.3 Å². The van der Waals surface area contributed by atoms with Gasteiger partial charge in [-0.1, -0.05) is 13.8 Å². The second-order valence-corrected chi connectivity index (χ2v) is 4.96. The highest BCUT2D eigenvalue weighted by Gasteiger charge is 2.25. The molecule has 19 heavy (non-hydrogen) atoms. The van der Waals surface area contributed by atoms with E-state index in [9.17, 15) is 4.79 Å². The van der Waals surface area contributed by atoms with Gasteiger partial charge in [-0.15, -0.1) is 5.10 Å². The Hall–Kier alpha value is -1.52. The number of aromatic nitrogens is 2. The van der Waals surface area contributed by atoms with Crippen molar-refractivity contribution in [3.8, 4) is 5.88 Å². The third-order valence-electron chi connectivity index (χ3n) is 3.25. The summed E-state index contributed by atoms with van der Waals surface area (Å²) in [4.78, 5) is 14.3. The van der Waals surface area contributed by atoms with E-state index in [1.54, 1.807) is 0 Å². The first-order valence-corrected chi connectivity index (χ1v) is 7.25. The average molecular weight is 265 g/mol. The molecule has 0 aliphatic carbocycles. The molecule has 106 valence electrons. The maximum absolute atomic E-state index is 12.4. The number of rotatable bonds is 6. The summed E-state index contributed by atoms with van der Waals surface area (Å²) in [7, 11) is 0. The van der Waals surface area contributed by atoms with Gasteiger partial charge in [0.25, 0.3) is 5.91 Å². The van der Waals surface area contributed by atoms with Gasteiger partial charge in [0.2, 0.25) is 5.88 Å². The van der Waals surface area contributed by atoms with Crippen LogP contribution >= 0.6 is 0 Å². The molecule has 5 nitrogen and oxygen atoms in total. The first-order valence-electron chi connectivity index (χ1n) is 7.25. The maximum atomic E-state index is 12.4. The number of ether oxygens (including phenoxy) is 1. The number of nitrogens with zero attached hydrogens (tertiary/aromatic N) is 3. The summed E-state index contributed by atoms with van der Waals surface area (Å²) in [6.07, 6.45) is 5.93. The van der Waals surface area contributed by atoms with Crippen LogP contribution in [-0.2, 0) is 6.54 Å². The van der Waals surface area contributed by atoms with E-state index in [-0.39, 0.29) is 5.91 Å². The Bertz CT molecular complexity index is 422. The largest absolute Gasteiger partial charge is 0.476 e. The van der Waals surface area contributed by atoms with Crippen LogP contribution in [0.1, 0.15) is 49.9 Å². The zero-order chi connectivity index (χ0) is 13.7. The number of aryl methyl sites for hydroxylation is 1. The van der Waals surface area contributed by atoms with E-state index in [1.165, 1.54) is 0 Å². The number of carbonyl (C=O) groups is 1. The smallest absolute Gasteiger partial charge is 0.260 e. The molecule has 0 bridgehead atoms. The molecule has 1 amide bonds. The molecule has 0 atom stereocenters. The third-order valence-corrected chi connectivity index (χ3v) is 3.25. The Labute approximate surface area is 114 Å². The molecule has 1 aliphatic heterocycles. The van der Waals surface area contributed by atoms with Crippen LogP contribution in [-0.4, -0.2) is 40.3 Å². The highest BCUT2D eigenvalue weighted by Crippen LogP contribution is 2.21. The van der Waals surface area contributed by atoms with Gasteiger partial charge in [0.15, 0.2) is 0 Å². The standard InChI is InChI=1S/C14H23N3O2/c1-3-7-17-11-12(13(15-17)19-10-4-2)14(18)16-8-5-6-9-16/h11H,3-10H2,1-2H3. The first-order chi connectivity index (χ1) is 9.26. The van der Waals surface area contributed by atoms with E-state index in [1.807, 2.05) is 22.7 Å². The van der Waals surface area contributed by atoms with Crippen LogP contribution in [0.15, 0.2) is 6.20 Å². The Balaban J connectivity index is 2.17. The predicted octanol–water partition coefficient (Wildman–Crippen LogP) is 2.32.